The van der Waals surface area contributed by atoms with E-state index < -0.39 is 8.32 Å². The van der Waals surface area contributed by atoms with Gasteiger partial charge in [0.15, 0.2) is 14.1 Å². The van der Waals surface area contributed by atoms with E-state index in [2.05, 4.69) is 46.9 Å². The summed E-state index contributed by atoms with van der Waals surface area (Å²) in [5, 5.41) is 0.0866. The van der Waals surface area contributed by atoms with E-state index in [1.165, 1.54) is 56.9 Å². The fourth-order valence-corrected chi connectivity index (χ4v) is 9.08. The molecule has 3 saturated carbocycles. The van der Waals surface area contributed by atoms with E-state index >= 15 is 0 Å². The summed E-state index contributed by atoms with van der Waals surface area (Å²) < 4.78 is 0. The lowest BCUT2D eigenvalue weighted by Crippen LogP contribution is -2.51. The highest BCUT2D eigenvalue weighted by molar-refractivity contribution is 6.72. The van der Waals surface area contributed by atoms with Crippen LogP contribution in [0.15, 0.2) is 11.6 Å². The summed E-state index contributed by atoms with van der Waals surface area (Å²) in [6.45, 7) is 13.9. The van der Waals surface area contributed by atoms with Crippen LogP contribution < -0.4 is 0 Å². The number of hydrogen-bond acceptors (Lipinski definition) is 2. The third-order valence-electron chi connectivity index (χ3n) is 10.9. The number of carbonyl (C=O) groups is 1. The Morgan fingerprint density at radius 2 is 1.83 bits per heavy atom. The van der Waals surface area contributed by atoms with Crippen LogP contribution in [0.1, 0.15) is 91.9 Å². The summed E-state index contributed by atoms with van der Waals surface area (Å²) in [6.07, 6.45) is 14.3. The zero-order chi connectivity index (χ0) is 21.2. The van der Waals surface area contributed by atoms with Crippen LogP contribution in [0.3, 0.4) is 0 Å². The van der Waals surface area contributed by atoms with Crippen LogP contribution in [0.4, 0.5) is 0 Å². The van der Waals surface area contributed by atoms with Gasteiger partial charge in [0.05, 0.1) is 0 Å². The van der Waals surface area contributed by atoms with Gasteiger partial charge in [0.2, 0.25) is 0 Å². The molecular weight excluding hydrogens is 372 g/mol. The normalized spacial score (nSPS) is 42.7. The Hall–Kier alpha value is -0.413. The molecule has 4 aliphatic rings. The van der Waals surface area contributed by atoms with Crippen LogP contribution in [-0.4, -0.2) is 18.9 Å². The van der Waals surface area contributed by atoms with Crippen molar-refractivity contribution in [1.29, 1.82) is 0 Å². The van der Waals surface area contributed by atoms with E-state index in [1.54, 1.807) is 0 Å². The van der Waals surface area contributed by atoms with Gasteiger partial charge >= 0.3 is 0 Å². The maximum Gasteiger partial charge on any atom is 0.188 e. The highest BCUT2D eigenvalue weighted by Gasteiger charge is 2.60. The third-order valence-corrected chi connectivity index (χ3v) is 14.4. The van der Waals surface area contributed by atoms with E-state index in [0.717, 1.165) is 36.5 Å². The molecular formula is C26H44O2Si. The molecule has 0 bridgehead atoms. The molecule has 4 rings (SSSR count). The fraction of sp³-hybridized carbons (Fsp3) is 0.885. The minimum absolute atomic E-state index is 0.0866. The first-order valence-corrected chi connectivity index (χ1v) is 15.4. The number of fused-ring (bicyclic) bond motifs is 5. The Morgan fingerprint density at radius 3 is 2.48 bits per heavy atom. The zero-order valence-electron chi connectivity index (χ0n) is 19.8. The highest BCUT2D eigenvalue weighted by atomic mass is 28.4. The van der Waals surface area contributed by atoms with Crippen LogP contribution in [0, 0.1) is 34.5 Å². The minimum atomic E-state index is -2.16. The molecule has 0 radical (unpaired) electrons. The molecule has 3 fully saturated rings. The fourth-order valence-electron chi connectivity index (χ4n) is 8.34. The first kappa shape index (κ1) is 21.8. The predicted molar refractivity (Wildman–Crippen MR) is 123 cm³/mol. The van der Waals surface area contributed by atoms with Crippen LogP contribution >= 0.6 is 0 Å². The van der Waals surface area contributed by atoms with E-state index in [-0.39, 0.29) is 5.04 Å². The minimum Gasteiger partial charge on any atom is -0.432 e. The zero-order valence-corrected chi connectivity index (χ0v) is 20.8. The van der Waals surface area contributed by atoms with Gasteiger partial charge in [-0.25, -0.2) is 0 Å². The molecule has 0 saturated heterocycles. The second-order valence-corrected chi connectivity index (χ2v) is 17.0. The van der Waals surface area contributed by atoms with Crippen molar-refractivity contribution in [1.82, 2.24) is 0 Å². The maximum atomic E-state index is 12.1. The lowest BCUT2D eigenvalue weighted by atomic mass is 9.45. The summed E-state index contributed by atoms with van der Waals surface area (Å²) in [5.74, 6) is 3.65. The molecule has 0 amide bonds. The lowest BCUT2D eigenvalue weighted by molar-refractivity contribution is -0.118. The summed E-state index contributed by atoms with van der Waals surface area (Å²) in [7, 11) is -2.16. The van der Waals surface area contributed by atoms with Crippen LogP contribution in [0.25, 0.3) is 0 Å². The predicted octanol–water partition coefficient (Wildman–Crippen LogP) is 6.89. The molecule has 3 unspecified atom stereocenters. The number of hydrogen-bond donors (Lipinski definition) is 1. The van der Waals surface area contributed by atoms with Gasteiger partial charge < -0.3 is 4.80 Å². The molecule has 164 valence electrons. The van der Waals surface area contributed by atoms with Gasteiger partial charge in [0.25, 0.3) is 0 Å². The number of allylic oxidation sites excluding steroid dienone is 1. The number of ketones is 1. The molecule has 6 atom stereocenters. The topological polar surface area (TPSA) is 37.3 Å². The summed E-state index contributed by atoms with van der Waals surface area (Å²) in [4.78, 5) is 23.0. The van der Waals surface area contributed by atoms with Crippen molar-refractivity contribution in [2.24, 2.45) is 34.5 Å². The summed E-state index contributed by atoms with van der Waals surface area (Å²) in [5.41, 5.74) is 2.30. The Balaban J connectivity index is 1.60. The third kappa shape index (κ3) is 3.25. The number of carbonyl (C=O) groups excluding carboxylic acids is 1. The monoisotopic (exact) mass is 416 g/mol. The quantitative estimate of drug-likeness (QED) is 0.506. The Labute approximate surface area is 180 Å². The van der Waals surface area contributed by atoms with Crippen molar-refractivity contribution in [3.8, 4) is 0 Å². The molecule has 1 N–H and O–H groups in total. The summed E-state index contributed by atoms with van der Waals surface area (Å²) >= 11 is 0. The van der Waals surface area contributed by atoms with Gasteiger partial charge in [-0.2, -0.15) is 0 Å². The average molecular weight is 417 g/mol. The molecule has 0 aromatic carbocycles. The van der Waals surface area contributed by atoms with E-state index in [0.29, 0.717) is 16.6 Å². The van der Waals surface area contributed by atoms with Crippen LogP contribution in [-0.2, 0) is 4.79 Å². The second-order valence-electron chi connectivity index (χ2n) is 12.5. The van der Waals surface area contributed by atoms with Crippen molar-refractivity contribution in [3.63, 3.8) is 0 Å². The largest absolute Gasteiger partial charge is 0.432 e. The standard InChI is InChI=1S/C26H44O2Si/c1-7-26-15-12-20(27)16-18(26)8-10-21-22-11-9-19(17-24(2,3)29(5,6)28)25(22,4)14-13-23(21)26/h16,19,21-23,28H,7-15,17H2,1-6H3/t19-,21?,22?,23?,25-,26+/m1/s1. The molecule has 29 heavy (non-hydrogen) atoms. The van der Waals surface area contributed by atoms with Crippen molar-refractivity contribution in [2.45, 2.75) is 110 Å². The molecule has 0 aromatic rings. The lowest BCUT2D eigenvalue weighted by Gasteiger charge is -2.59. The Morgan fingerprint density at radius 1 is 1.10 bits per heavy atom. The molecule has 3 heteroatoms. The molecule has 0 heterocycles. The van der Waals surface area contributed by atoms with E-state index in [4.69, 9.17) is 0 Å². The second kappa shape index (κ2) is 7.05. The van der Waals surface area contributed by atoms with Gasteiger partial charge in [-0.05, 0) is 116 Å². The van der Waals surface area contributed by atoms with Gasteiger partial charge in [0.1, 0.15) is 0 Å². The van der Waals surface area contributed by atoms with Crippen LogP contribution in [0.5, 0.6) is 0 Å². The molecule has 0 spiro atoms. The first-order valence-electron chi connectivity index (χ1n) is 12.4. The average Bonchev–Trinajstić information content (AvgIpc) is 2.96. The Kier molecular flexibility index (Phi) is 5.30. The van der Waals surface area contributed by atoms with Gasteiger partial charge in [-0.1, -0.05) is 33.3 Å². The maximum absolute atomic E-state index is 12.1. The first-order chi connectivity index (χ1) is 13.4. The molecule has 2 nitrogen and oxygen atoms in total. The van der Waals surface area contributed by atoms with Gasteiger partial charge in [-0.15, -0.1) is 0 Å². The van der Waals surface area contributed by atoms with Crippen molar-refractivity contribution in [3.05, 3.63) is 11.6 Å². The van der Waals surface area contributed by atoms with Gasteiger partial charge in [0, 0.05) is 6.42 Å². The summed E-state index contributed by atoms with van der Waals surface area (Å²) in [6, 6.07) is 0. The highest BCUT2D eigenvalue weighted by Crippen LogP contribution is 2.68. The van der Waals surface area contributed by atoms with E-state index in [1.807, 2.05) is 0 Å². The van der Waals surface area contributed by atoms with Crippen molar-refractivity contribution in [2.75, 3.05) is 0 Å². The van der Waals surface area contributed by atoms with E-state index in [9.17, 15) is 9.59 Å². The Bertz CT molecular complexity index is 702. The van der Waals surface area contributed by atoms with Crippen molar-refractivity contribution < 1.29 is 9.59 Å². The number of rotatable bonds is 4. The smallest absolute Gasteiger partial charge is 0.188 e. The molecule has 0 aliphatic heterocycles. The van der Waals surface area contributed by atoms with Crippen molar-refractivity contribution >= 4 is 14.1 Å². The van der Waals surface area contributed by atoms with Gasteiger partial charge in [-0.3, -0.25) is 4.79 Å². The van der Waals surface area contributed by atoms with Crippen LogP contribution in [0.2, 0.25) is 18.1 Å². The molecule has 0 aromatic heterocycles. The SMILES string of the molecule is CC[C@]12CCC(=O)C=C1CCC1C2CC[C@@]2(C)C1CC[C@@H]2CC(C)(C)[Si](C)(C)O. The molecule has 4 aliphatic carbocycles.